The van der Waals surface area contributed by atoms with E-state index in [0.717, 1.165) is 30.6 Å². The highest BCUT2D eigenvalue weighted by atomic mass is 19.1. The van der Waals surface area contributed by atoms with E-state index in [2.05, 4.69) is 16.8 Å². The highest BCUT2D eigenvalue weighted by molar-refractivity contribution is 5.75. The van der Waals surface area contributed by atoms with E-state index in [1.807, 2.05) is 6.92 Å². The van der Waals surface area contributed by atoms with Gasteiger partial charge in [0.05, 0.1) is 6.61 Å². The number of aryl methyl sites for hydroxylation is 1. The smallest absolute Gasteiger partial charge is 0.318 e. The molecule has 1 fully saturated rings. The molecule has 1 unspecified atom stereocenters. The summed E-state index contributed by atoms with van der Waals surface area (Å²) in [6.45, 7) is 7.73. The third-order valence-corrected chi connectivity index (χ3v) is 4.26. The number of halogens is 1. The summed E-state index contributed by atoms with van der Waals surface area (Å²) >= 11 is 0. The van der Waals surface area contributed by atoms with Crippen molar-refractivity contribution in [1.29, 1.82) is 0 Å². The van der Waals surface area contributed by atoms with Crippen LogP contribution >= 0.6 is 0 Å². The first-order valence-corrected chi connectivity index (χ1v) is 8.33. The fourth-order valence-electron chi connectivity index (χ4n) is 3.11. The van der Waals surface area contributed by atoms with Gasteiger partial charge in [0.2, 0.25) is 0 Å². The minimum atomic E-state index is -0.234. The molecule has 1 saturated heterocycles. The van der Waals surface area contributed by atoms with Gasteiger partial charge in [0.1, 0.15) is 5.82 Å². The number of rotatable bonds is 6. The number of anilines is 1. The summed E-state index contributed by atoms with van der Waals surface area (Å²) in [4.78, 5) is 16.1. The van der Waals surface area contributed by atoms with Gasteiger partial charge >= 0.3 is 6.03 Å². The van der Waals surface area contributed by atoms with Crippen LogP contribution in [0, 0.1) is 12.7 Å². The second-order valence-electron chi connectivity index (χ2n) is 6.12. The maximum Gasteiger partial charge on any atom is 0.318 e. The van der Waals surface area contributed by atoms with Crippen LogP contribution < -0.4 is 10.2 Å². The SMILES string of the molecule is C=CCN(CCO)C(=O)NC1CCCN(c2ccc(F)cc2C)C1. The molecule has 1 aromatic carbocycles. The van der Waals surface area contributed by atoms with Crippen LogP contribution in [0.1, 0.15) is 18.4 Å². The van der Waals surface area contributed by atoms with Gasteiger partial charge in [-0.2, -0.15) is 0 Å². The van der Waals surface area contributed by atoms with Crippen molar-refractivity contribution < 1.29 is 14.3 Å². The third-order valence-electron chi connectivity index (χ3n) is 4.26. The number of urea groups is 1. The number of piperidine rings is 1. The maximum absolute atomic E-state index is 13.3. The van der Waals surface area contributed by atoms with Crippen LogP contribution in [0.15, 0.2) is 30.9 Å². The van der Waals surface area contributed by atoms with Crippen molar-refractivity contribution in [3.8, 4) is 0 Å². The largest absolute Gasteiger partial charge is 0.395 e. The second-order valence-corrected chi connectivity index (χ2v) is 6.12. The average molecular weight is 335 g/mol. The van der Waals surface area contributed by atoms with Crippen LogP contribution in [0.5, 0.6) is 0 Å². The molecule has 1 aliphatic heterocycles. The number of carbonyl (C=O) groups is 1. The molecule has 1 heterocycles. The Morgan fingerprint density at radius 1 is 1.58 bits per heavy atom. The number of hydrogen-bond acceptors (Lipinski definition) is 3. The molecule has 6 heteroatoms. The van der Waals surface area contributed by atoms with Crippen LogP contribution in [0.4, 0.5) is 14.9 Å². The Balaban J connectivity index is 1.99. The first kappa shape index (κ1) is 18.3. The Bertz CT molecular complexity index is 579. The summed E-state index contributed by atoms with van der Waals surface area (Å²) in [6.07, 6.45) is 3.51. The van der Waals surface area contributed by atoms with Gasteiger partial charge in [0.25, 0.3) is 0 Å². The Morgan fingerprint density at radius 2 is 2.38 bits per heavy atom. The molecule has 0 radical (unpaired) electrons. The first-order valence-electron chi connectivity index (χ1n) is 8.33. The minimum Gasteiger partial charge on any atom is -0.395 e. The van der Waals surface area contributed by atoms with Gasteiger partial charge in [0, 0.05) is 37.9 Å². The monoisotopic (exact) mass is 335 g/mol. The van der Waals surface area contributed by atoms with Crippen molar-refractivity contribution in [2.45, 2.75) is 25.8 Å². The predicted octanol–water partition coefficient (Wildman–Crippen LogP) is 2.29. The number of nitrogens with one attached hydrogen (secondary N) is 1. The van der Waals surface area contributed by atoms with E-state index in [9.17, 15) is 9.18 Å². The van der Waals surface area contributed by atoms with Crippen molar-refractivity contribution in [2.75, 3.05) is 37.7 Å². The predicted molar refractivity (Wildman–Crippen MR) is 93.8 cm³/mol. The zero-order valence-electron chi connectivity index (χ0n) is 14.2. The molecule has 24 heavy (non-hydrogen) atoms. The molecular formula is C18H26FN3O2. The summed E-state index contributed by atoms with van der Waals surface area (Å²) in [7, 11) is 0. The molecule has 0 spiro atoms. The van der Waals surface area contributed by atoms with Gasteiger partial charge < -0.3 is 20.2 Å². The second kappa shape index (κ2) is 8.68. The molecule has 1 aromatic rings. The van der Waals surface area contributed by atoms with Gasteiger partial charge in [0.15, 0.2) is 0 Å². The van der Waals surface area contributed by atoms with Crippen LogP contribution in [-0.4, -0.2) is 54.9 Å². The number of aliphatic hydroxyl groups excluding tert-OH is 1. The van der Waals surface area contributed by atoms with Crippen LogP contribution in [0.2, 0.25) is 0 Å². The molecule has 1 atom stereocenters. The third kappa shape index (κ3) is 4.71. The van der Waals surface area contributed by atoms with Crippen molar-refractivity contribution in [2.24, 2.45) is 0 Å². The highest BCUT2D eigenvalue weighted by Crippen LogP contribution is 2.24. The fourth-order valence-corrected chi connectivity index (χ4v) is 3.11. The molecule has 132 valence electrons. The number of benzene rings is 1. The molecule has 2 N–H and O–H groups in total. The topological polar surface area (TPSA) is 55.8 Å². The molecule has 0 bridgehead atoms. The average Bonchev–Trinajstić information content (AvgIpc) is 2.55. The van der Waals surface area contributed by atoms with Crippen molar-refractivity contribution in [3.05, 3.63) is 42.2 Å². The normalized spacial score (nSPS) is 17.5. The number of carbonyl (C=O) groups excluding carboxylic acids is 1. The number of aliphatic hydroxyl groups is 1. The summed E-state index contributed by atoms with van der Waals surface area (Å²) in [6, 6.07) is 4.64. The minimum absolute atomic E-state index is 0.0294. The van der Waals surface area contributed by atoms with Gasteiger partial charge in [-0.3, -0.25) is 0 Å². The van der Waals surface area contributed by atoms with Gasteiger partial charge in [-0.25, -0.2) is 9.18 Å². The van der Waals surface area contributed by atoms with Gasteiger partial charge in [-0.05, 0) is 43.5 Å². The van der Waals surface area contributed by atoms with Crippen LogP contribution in [-0.2, 0) is 0 Å². The standard InChI is InChI=1S/C18H26FN3O2/c1-3-8-21(10-11-23)18(24)20-16-5-4-9-22(13-16)17-7-6-15(19)12-14(17)2/h3,6-7,12,16,23H,1,4-5,8-11,13H2,2H3,(H,20,24). The van der Waals surface area contributed by atoms with E-state index >= 15 is 0 Å². The lowest BCUT2D eigenvalue weighted by Crippen LogP contribution is -2.52. The lowest BCUT2D eigenvalue weighted by molar-refractivity contribution is 0.179. The maximum atomic E-state index is 13.3. The summed E-state index contributed by atoms with van der Waals surface area (Å²) < 4.78 is 13.3. The van der Waals surface area contributed by atoms with E-state index in [0.29, 0.717) is 13.1 Å². The summed E-state index contributed by atoms with van der Waals surface area (Å²) in [5.74, 6) is -0.234. The molecule has 0 aliphatic carbocycles. The molecule has 5 nitrogen and oxygen atoms in total. The van der Waals surface area contributed by atoms with Crippen molar-refractivity contribution in [3.63, 3.8) is 0 Å². The lowest BCUT2D eigenvalue weighted by atomic mass is 10.0. The van der Waals surface area contributed by atoms with E-state index in [4.69, 9.17) is 5.11 Å². The Morgan fingerprint density at radius 3 is 3.04 bits per heavy atom. The molecule has 0 aromatic heterocycles. The Labute approximate surface area is 142 Å². The van der Waals surface area contributed by atoms with Crippen LogP contribution in [0.3, 0.4) is 0 Å². The fraction of sp³-hybridized carbons (Fsp3) is 0.500. The van der Waals surface area contributed by atoms with E-state index < -0.39 is 0 Å². The molecule has 2 amide bonds. The first-order chi connectivity index (χ1) is 11.5. The Kier molecular flexibility index (Phi) is 6.61. The quantitative estimate of drug-likeness (QED) is 0.784. The molecule has 0 saturated carbocycles. The molecule has 2 rings (SSSR count). The number of amides is 2. The van der Waals surface area contributed by atoms with E-state index in [1.54, 1.807) is 12.1 Å². The highest BCUT2D eigenvalue weighted by Gasteiger charge is 2.24. The molecule has 1 aliphatic rings. The summed E-state index contributed by atoms with van der Waals surface area (Å²) in [5, 5.41) is 12.1. The number of hydrogen-bond donors (Lipinski definition) is 2. The zero-order chi connectivity index (χ0) is 17.5. The summed E-state index contributed by atoms with van der Waals surface area (Å²) in [5.41, 5.74) is 1.91. The molecular weight excluding hydrogens is 309 g/mol. The van der Waals surface area contributed by atoms with Crippen molar-refractivity contribution in [1.82, 2.24) is 10.2 Å². The van der Waals surface area contributed by atoms with E-state index in [1.165, 1.54) is 17.0 Å². The zero-order valence-corrected chi connectivity index (χ0v) is 14.2. The van der Waals surface area contributed by atoms with E-state index in [-0.39, 0.29) is 31.0 Å². The van der Waals surface area contributed by atoms with Gasteiger partial charge in [-0.15, -0.1) is 6.58 Å². The Hall–Kier alpha value is -2.08. The lowest BCUT2D eigenvalue weighted by Gasteiger charge is -2.36. The number of nitrogens with zero attached hydrogens (tertiary/aromatic N) is 2. The van der Waals surface area contributed by atoms with Gasteiger partial charge in [-0.1, -0.05) is 6.08 Å². The van der Waals surface area contributed by atoms with Crippen LogP contribution in [0.25, 0.3) is 0 Å². The van der Waals surface area contributed by atoms with Crippen molar-refractivity contribution >= 4 is 11.7 Å².